The van der Waals surface area contributed by atoms with Crippen molar-refractivity contribution in [1.29, 1.82) is 0 Å². The summed E-state index contributed by atoms with van der Waals surface area (Å²) in [5.74, 6) is -0.633. The maximum Gasteiger partial charge on any atom is 0.233 e. The average Bonchev–Trinajstić information content (AvgIpc) is 3.10. The van der Waals surface area contributed by atoms with E-state index in [2.05, 4.69) is 9.62 Å². The summed E-state index contributed by atoms with van der Waals surface area (Å²) >= 11 is 0. The van der Waals surface area contributed by atoms with Gasteiger partial charge in [-0.2, -0.15) is 0 Å². The highest BCUT2D eigenvalue weighted by atomic mass is 32.2. The molecule has 2 aromatic carbocycles. The van der Waals surface area contributed by atoms with Crippen LogP contribution in [-0.2, 0) is 16.4 Å². The van der Waals surface area contributed by atoms with Crippen LogP contribution in [0.4, 0.5) is 15.8 Å². The first kappa shape index (κ1) is 16.8. The summed E-state index contributed by atoms with van der Waals surface area (Å²) in [5.41, 5.74) is 1.82. The predicted octanol–water partition coefficient (Wildman–Crippen LogP) is 3.41. The largest absolute Gasteiger partial charge is 0.371 e. The van der Waals surface area contributed by atoms with Gasteiger partial charge in [0.25, 0.3) is 0 Å². The highest BCUT2D eigenvalue weighted by Gasteiger charge is 2.17. The lowest BCUT2D eigenvalue weighted by molar-refractivity contribution is 0.598. The van der Waals surface area contributed by atoms with Crippen LogP contribution >= 0.6 is 0 Å². The van der Waals surface area contributed by atoms with Crippen LogP contribution in [0.5, 0.6) is 0 Å². The molecule has 0 unspecified atom stereocenters. The quantitative estimate of drug-likeness (QED) is 0.870. The predicted molar refractivity (Wildman–Crippen MR) is 95.4 cm³/mol. The highest BCUT2D eigenvalue weighted by Crippen LogP contribution is 2.26. The number of hydrogen-bond acceptors (Lipinski definition) is 3. The van der Waals surface area contributed by atoms with Gasteiger partial charge in [0.15, 0.2) is 0 Å². The first-order valence-corrected chi connectivity index (χ1v) is 9.78. The number of hydrogen-bond donors (Lipinski definition) is 1. The maximum absolute atomic E-state index is 14.0. The fraction of sp³-hybridized carbons (Fsp3) is 0.333. The molecule has 0 saturated carbocycles. The van der Waals surface area contributed by atoms with Gasteiger partial charge in [-0.3, -0.25) is 4.72 Å². The van der Waals surface area contributed by atoms with Crippen molar-refractivity contribution in [2.45, 2.75) is 19.3 Å². The Bertz CT molecular complexity index is 788. The topological polar surface area (TPSA) is 49.4 Å². The number of nitrogens with one attached hydrogen (secondary N) is 1. The van der Waals surface area contributed by atoms with E-state index < -0.39 is 15.8 Å². The third-order valence-electron chi connectivity index (χ3n) is 4.19. The molecule has 1 N–H and O–H groups in total. The molecule has 1 saturated heterocycles. The van der Waals surface area contributed by atoms with E-state index in [1.54, 1.807) is 12.1 Å². The summed E-state index contributed by atoms with van der Waals surface area (Å²) in [4.78, 5) is 2.14. The Kier molecular flexibility index (Phi) is 5.04. The van der Waals surface area contributed by atoms with E-state index in [1.165, 1.54) is 6.07 Å². The van der Waals surface area contributed by atoms with Crippen LogP contribution in [0.25, 0.3) is 0 Å². The third-order valence-corrected chi connectivity index (χ3v) is 5.46. The summed E-state index contributed by atoms with van der Waals surface area (Å²) in [6.07, 6.45) is 2.61. The number of sulfonamides is 1. The normalized spacial score (nSPS) is 14.8. The number of aryl methyl sites for hydroxylation is 1. The minimum Gasteiger partial charge on any atom is -0.371 e. The van der Waals surface area contributed by atoms with Crippen LogP contribution in [0.2, 0.25) is 0 Å². The van der Waals surface area contributed by atoms with Crippen LogP contribution in [-0.4, -0.2) is 27.3 Å². The van der Waals surface area contributed by atoms with Crippen molar-refractivity contribution in [1.82, 2.24) is 0 Å². The van der Waals surface area contributed by atoms with Gasteiger partial charge in [-0.25, -0.2) is 12.8 Å². The molecule has 0 atom stereocenters. The van der Waals surface area contributed by atoms with Crippen molar-refractivity contribution in [3.05, 3.63) is 59.9 Å². The van der Waals surface area contributed by atoms with Gasteiger partial charge >= 0.3 is 0 Å². The monoisotopic (exact) mass is 348 g/mol. The van der Waals surface area contributed by atoms with Gasteiger partial charge in [-0.15, -0.1) is 0 Å². The summed E-state index contributed by atoms with van der Waals surface area (Å²) in [7, 11) is -3.60. The number of benzene rings is 2. The smallest absolute Gasteiger partial charge is 0.233 e. The van der Waals surface area contributed by atoms with Crippen LogP contribution < -0.4 is 9.62 Å². The van der Waals surface area contributed by atoms with Crippen LogP contribution in [0.15, 0.2) is 48.5 Å². The summed E-state index contributed by atoms with van der Waals surface area (Å²) in [5, 5.41) is 0. The van der Waals surface area contributed by atoms with Gasteiger partial charge in [-0.1, -0.05) is 30.3 Å². The van der Waals surface area contributed by atoms with Crippen molar-refractivity contribution < 1.29 is 12.8 Å². The van der Waals surface area contributed by atoms with E-state index in [9.17, 15) is 12.8 Å². The van der Waals surface area contributed by atoms with E-state index >= 15 is 0 Å². The van der Waals surface area contributed by atoms with E-state index in [1.807, 2.05) is 30.3 Å². The fourth-order valence-corrected chi connectivity index (χ4v) is 3.98. The molecule has 1 heterocycles. The van der Waals surface area contributed by atoms with Gasteiger partial charge in [0, 0.05) is 18.8 Å². The maximum atomic E-state index is 14.0. The molecular weight excluding hydrogens is 327 g/mol. The molecule has 2 aromatic rings. The van der Waals surface area contributed by atoms with Crippen molar-refractivity contribution in [2.24, 2.45) is 0 Å². The molecule has 1 aliphatic heterocycles. The SMILES string of the molecule is O=S(=O)(CCc1ccccc1)Nc1cc(N2CCCC2)ccc1F. The second-order valence-corrected chi connectivity index (χ2v) is 7.86. The van der Waals surface area contributed by atoms with Gasteiger partial charge < -0.3 is 4.90 Å². The van der Waals surface area contributed by atoms with E-state index in [-0.39, 0.29) is 11.4 Å². The molecule has 128 valence electrons. The second-order valence-electron chi connectivity index (χ2n) is 6.01. The van der Waals surface area contributed by atoms with Crippen molar-refractivity contribution in [3.63, 3.8) is 0 Å². The molecule has 0 radical (unpaired) electrons. The lowest BCUT2D eigenvalue weighted by Crippen LogP contribution is -2.21. The van der Waals surface area contributed by atoms with Crippen LogP contribution in [0, 0.1) is 5.82 Å². The molecule has 4 nitrogen and oxygen atoms in total. The summed E-state index contributed by atoms with van der Waals surface area (Å²) in [6, 6.07) is 14.0. The first-order valence-electron chi connectivity index (χ1n) is 8.12. The summed E-state index contributed by atoms with van der Waals surface area (Å²) in [6.45, 7) is 1.84. The standard InChI is InChI=1S/C18H21FN2O2S/c19-17-9-8-16(21-11-4-5-12-21)14-18(17)20-24(22,23)13-10-15-6-2-1-3-7-15/h1-3,6-9,14,20H,4-5,10-13H2. The Balaban J connectivity index is 1.70. The number of anilines is 2. The second kappa shape index (κ2) is 7.21. The highest BCUT2D eigenvalue weighted by molar-refractivity contribution is 7.92. The molecule has 0 bridgehead atoms. The molecule has 1 fully saturated rings. The minimum absolute atomic E-state index is 0.0208. The Morgan fingerprint density at radius 1 is 1.04 bits per heavy atom. The molecular formula is C18H21FN2O2S. The van der Waals surface area contributed by atoms with Crippen molar-refractivity contribution in [3.8, 4) is 0 Å². The zero-order valence-corrected chi connectivity index (χ0v) is 14.2. The summed E-state index contributed by atoms with van der Waals surface area (Å²) < 4.78 is 40.9. The Morgan fingerprint density at radius 2 is 1.75 bits per heavy atom. The average molecular weight is 348 g/mol. The van der Waals surface area contributed by atoms with Crippen molar-refractivity contribution in [2.75, 3.05) is 28.5 Å². The Labute approximate surface area is 142 Å². The lowest BCUT2D eigenvalue weighted by atomic mass is 10.2. The van der Waals surface area contributed by atoms with Crippen LogP contribution in [0.1, 0.15) is 18.4 Å². The molecule has 3 rings (SSSR count). The van der Waals surface area contributed by atoms with Gasteiger partial charge in [0.2, 0.25) is 10.0 Å². The number of halogens is 1. The molecule has 0 amide bonds. The number of nitrogens with zero attached hydrogens (tertiary/aromatic N) is 1. The Morgan fingerprint density at radius 3 is 2.46 bits per heavy atom. The first-order chi connectivity index (χ1) is 11.5. The molecule has 6 heteroatoms. The van der Waals surface area contributed by atoms with E-state index in [0.29, 0.717) is 6.42 Å². The van der Waals surface area contributed by atoms with Crippen LogP contribution in [0.3, 0.4) is 0 Å². The molecule has 24 heavy (non-hydrogen) atoms. The third kappa shape index (κ3) is 4.26. The van der Waals surface area contributed by atoms with Gasteiger partial charge in [-0.05, 0) is 43.0 Å². The van der Waals surface area contributed by atoms with E-state index in [4.69, 9.17) is 0 Å². The molecule has 0 aliphatic carbocycles. The Hall–Kier alpha value is -2.08. The van der Waals surface area contributed by atoms with Crippen molar-refractivity contribution >= 4 is 21.4 Å². The van der Waals surface area contributed by atoms with Gasteiger partial charge in [0.05, 0.1) is 11.4 Å². The molecule has 0 aromatic heterocycles. The molecule has 0 spiro atoms. The molecule has 1 aliphatic rings. The lowest BCUT2D eigenvalue weighted by Gasteiger charge is -2.19. The number of rotatable bonds is 6. The van der Waals surface area contributed by atoms with E-state index in [0.717, 1.165) is 37.2 Å². The fourth-order valence-electron chi connectivity index (χ4n) is 2.88. The zero-order chi connectivity index (χ0) is 17.0. The minimum atomic E-state index is -3.60. The zero-order valence-electron chi connectivity index (χ0n) is 13.4. The van der Waals surface area contributed by atoms with Gasteiger partial charge in [0.1, 0.15) is 5.82 Å².